The second-order valence-electron chi connectivity index (χ2n) is 5.41. The number of hydrogen-bond donors (Lipinski definition) is 0. The van der Waals surface area contributed by atoms with Gasteiger partial charge < -0.3 is 9.47 Å². The van der Waals surface area contributed by atoms with Crippen LogP contribution in [0.5, 0.6) is 0 Å². The minimum atomic E-state index is -0.0585. The molecular formula is C13H24O2. The lowest BCUT2D eigenvalue weighted by Gasteiger charge is -2.38. The lowest BCUT2D eigenvalue weighted by molar-refractivity contribution is -0.251. The first-order valence-electron chi connectivity index (χ1n) is 5.82. The number of hydrogen-bond acceptors (Lipinski definition) is 2. The monoisotopic (exact) mass is 212 g/mol. The molecule has 1 aliphatic rings. The fourth-order valence-corrected chi connectivity index (χ4v) is 1.63. The van der Waals surface area contributed by atoms with Crippen LogP contribution in [0.3, 0.4) is 0 Å². The van der Waals surface area contributed by atoms with Gasteiger partial charge in [0.05, 0.1) is 12.7 Å². The molecule has 1 saturated heterocycles. The van der Waals surface area contributed by atoms with Crippen LogP contribution < -0.4 is 0 Å². The quantitative estimate of drug-likeness (QED) is 0.666. The average Bonchev–Trinajstić information content (AvgIpc) is 2.15. The van der Waals surface area contributed by atoms with Crippen LogP contribution in [0.15, 0.2) is 11.6 Å². The van der Waals surface area contributed by atoms with Gasteiger partial charge in [-0.2, -0.15) is 0 Å². The molecule has 0 aromatic carbocycles. The molecule has 1 heterocycles. The largest absolute Gasteiger partial charge is 0.352 e. The Kier molecular flexibility index (Phi) is 4.35. The summed E-state index contributed by atoms with van der Waals surface area (Å²) in [6, 6.07) is 0. The Bertz CT molecular complexity index is 227. The Labute approximate surface area is 93.7 Å². The Hall–Kier alpha value is -0.340. The first-order valence-corrected chi connectivity index (χ1v) is 5.82. The van der Waals surface area contributed by atoms with Crippen molar-refractivity contribution in [3.63, 3.8) is 0 Å². The molecule has 15 heavy (non-hydrogen) atoms. The molecule has 88 valence electrons. The minimum absolute atomic E-state index is 0.0585. The Morgan fingerprint density at radius 2 is 2.07 bits per heavy atom. The van der Waals surface area contributed by atoms with Crippen molar-refractivity contribution < 1.29 is 9.47 Å². The van der Waals surface area contributed by atoms with Crippen molar-refractivity contribution in [2.45, 2.75) is 59.9 Å². The smallest absolute Gasteiger partial charge is 0.163 e. The van der Waals surface area contributed by atoms with E-state index in [1.54, 1.807) is 0 Å². The Morgan fingerprint density at radius 1 is 1.40 bits per heavy atom. The van der Waals surface area contributed by atoms with Gasteiger partial charge in [-0.05, 0) is 33.6 Å². The van der Waals surface area contributed by atoms with E-state index in [9.17, 15) is 0 Å². The maximum Gasteiger partial charge on any atom is 0.163 e. The summed E-state index contributed by atoms with van der Waals surface area (Å²) in [5.74, 6) is 0. The summed E-state index contributed by atoms with van der Waals surface area (Å²) in [5.41, 5.74) is 1.42. The van der Waals surface area contributed by atoms with Crippen molar-refractivity contribution in [3.05, 3.63) is 11.6 Å². The third kappa shape index (κ3) is 3.96. The maximum absolute atomic E-state index is 5.83. The highest BCUT2D eigenvalue weighted by atomic mass is 16.7. The van der Waals surface area contributed by atoms with Crippen LogP contribution in [-0.4, -0.2) is 19.0 Å². The van der Waals surface area contributed by atoms with Crippen molar-refractivity contribution in [1.82, 2.24) is 0 Å². The van der Waals surface area contributed by atoms with Gasteiger partial charge in [-0.1, -0.05) is 25.5 Å². The van der Waals surface area contributed by atoms with Gasteiger partial charge in [0.15, 0.2) is 6.29 Å². The van der Waals surface area contributed by atoms with Gasteiger partial charge >= 0.3 is 0 Å². The van der Waals surface area contributed by atoms with E-state index in [2.05, 4.69) is 40.7 Å². The van der Waals surface area contributed by atoms with E-state index in [4.69, 9.17) is 9.47 Å². The molecule has 1 fully saturated rings. The van der Waals surface area contributed by atoms with Crippen LogP contribution in [-0.2, 0) is 9.47 Å². The van der Waals surface area contributed by atoms with Gasteiger partial charge in [0.2, 0.25) is 0 Å². The molecule has 2 atom stereocenters. The molecule has 0 bridgehead atoms. The molecule has 0 spiro atoms. The van der Waals surface area contributed by atoms with Crippen molar-refractivity contribution in [3.8, 4) is 0 Å². The predicted octanol–water partition coefficient (Wildman–Crippen LogP) is 3.52. The molecule has 2 nitrogen and oxygen atoms in total. The zero-order chi connectivity index (χ0) is 11.5. The molecule has 0 aromatic heterocycles. The van der Waals surface area contributed by atoms with E-state index in [1.165, 1.54) is 5.57 Å². The van der Waals surface area contributed by atoms with Gasteiger partial charge in [0, 0.05) is 5.41 Å². The molecule has 0 unspecified atom stereocenters. The molecular weight excluding hydrogens is 188 g/mol. The van der Waals surface area contributed by atoms with Crippen LogP contribution in [0, 0.1) is 5.41 Å². The highest BCUT2D eigenvalue weighted by Gasteiger charge is 2.33. The van der Waals surface area contributed by atoms with Crippen LogP contribution >= 0.6 is 0 Å². The van der Waals surface area contributed by atoms with Gasteiger partial charge in [-0.3, -0.25) is 0 Å². The Morgan fingerprint density at radius 3 is 2.60 bits per heavy atom. The molecule has 0 aliphatic carbocycles. The first-order chi connectivity index (χ1) is 6.92. The van der Waals surface area contributed by atoms with Crippen LogP contribution in [0.2, 0.25) is 0 Å². The summed E-state index contributed by atoms with van der Waals surface area (Å²) < 4.78 is 11.5. The van der Waals surface area contributed by atoms with Gasteiger partial charge in [-0.25, -0.2) is 0 Å². The van der Waals surface area contributed by atoms with E-state index in [0.717, 1.165) is 19.4 Å². The van der Waals surface area contributed by atoms with E-state index in [0.29, 0.717) is 6.10 Å². The fraction of sp³-hybridized carbons (Fsp3) is 0.846. The molecule has 0 N–H and O–H groups in total. The minimum Gasteiger partial charge on any atom is -0.352 e. The van der Waals surface area contributed by atoms with Crippen molar-refractivity contribution in [1.29, 1.82) is 0 Å². The number of rotatable bonds is 3. The fourth-order valence-electron chi connectivity index (χ4n) is 1.63. The third-order valence-electron chi connectivity index (χ3n) is 2.82. The summed E-state index contributed by atoms with van der Waals surface area (Å²) >= 11 is 0. The lowest BCUT2D eigenvalue weighted by Crippen LogP contribution is -2.41. The second kappa shape index (κ2) is 5.13. The highest BCUT2D eigenvalue weighted by molar-refractivity contribution is 4.97. The summed E-state index contributed by atoms with van der Waals surface area (Å²) in [7, 11) is 0. The van der Waals surface area contributed by atoms with Crippen molar-refractivity contribution in [2.24, 2.45) is 5.41 Å². The lowest BCUT2D eigenvalue weighted by atomic mass is 9.87. The Balaban J connectivity index is 2.55. The normalized spacial score (nSPS) is 27.5. The molecule has 2 heteroatoms. The van der Waals surface area contributed by atoms with Crippen molar-refractivity contribution >= 4 is 0 Å². The summed E-state index contributed by atoms with van der Waals surface area (Å²) in [6.45, 7) is 11.6. The summed E-state index contributed by atoms with van der Waals surface area (Å²) in [6.07, 6.45) is 4.54. The zero-order valence-corrected chi connectivity index (χ0v) is 10.7. The van der Waals surface area contributed by atoms with Gasteiger partial charge in [-0.15, -0.1) is 0 Å². The van der Waals surface area contributed by atoms with E-state index in [1.807, 2.05) is 0 Å². The van der Waals surface area contributed by atoms with E-state index in [-0.39, 0.29) is 11.7 Å². The molecule has 0 aromatic rings. The maximum atomic E-state index is 5.83. The first kappa shape index (κ1) is 12.7. The van der Waals surface area contributed by atoms with E-state index < -0.39 is 0 Å². The van der Waals surface area contributed by atoms with Crippen LogP contribution in [0.25, 0.3) is 0 Å². The molecule has 1 rings (SSSR count). The number of ether oxygens (including phenoxy) is 2. The van der Waals surface area contributed by atoms with Crippen LogP contribution in [0.4, 0.5) is 0 Å². The van der Waals surface area contributed by atoms with Gasteiger partial charge in [0.25, 0.3) is 0 Å². The molecule has 1 aliphatic heterocycles. The SMILES string of the molecule is CC(C)=CCC(C)(C)[C@@H]1OCC[C@H](C)O1. The topological polar surface area (TPSA) is 18.5 Å². The third-order valence-corrected chi connectivity index (χ3v) is 2.82. The molecule has 0 amide bonds. The standard InChI is InChI=1S/C13H24O2/c1-10(2)6-8-13(4,5)12-14-9-7-11(3)15-12/h6,11-12H,7-9H2,1-5H3/t11-,12+/m0/s1. The van der Waals surface area contributed by atoms with Crippen molar-refractivity contribution in [2.75, 3.05) is 6.61 Å². The van der Waals surface area contributed by atoms with E-state index >= 15 is 0 Å². The molecule has 0 radical (unpaired) electrons. The molecule has 0 saturated carbocycles. The second-order valence-corrected chi connectivity index (χ2v) is 5.41. The summed E-state index contributed by atoms with van der Waals surface area (Å²) in [5, 5.41) is 0. The highest BCUT2D eigenvalue weighted by Crippen LogP contribution is 2.32. The van der Waals surface area contributed by atoms with Crippen LogP contribution in [0.1, 0.15) is 47.5 Å². The average molecular weight is 212 g/mol. The summed E-state index contributed by atoms with van der Waals surface area (Å²) in [4.78, 5) is 0. The predicted molar refractivity (Wildman–Crippen MR) is 62.7 cm³/mol. The van der Waals surface area contributed by atoms with Gasteiger partial charge in [0.1, 0.15) is 0 Å². The number of allylic oxidation sites excluding steroid dienone is 2. The zero-order valence-electron chi connectivity index (χ0n) is 10.7.